The Kier molecular flexibility index (Phi) is 7.52. The largest absolute Gasteiger partial charge is 0.490 e. The third-order valence-electron chi connectivity index (χ3n) is 6.15. The van der Waals surface area contributed by atoms with Gasteiger partial charge in [0.05, 0.1) is 31.3 Å². The zero-order chi connectivity index (χ0) is 23.4. The maximum Gasteiger partial charge on any atom is 0.466 e. The van der Waals surface area contributed by atoms with Crippen molar-refractivity contribution < 1.29 is 28.3 Å². The quantitative estimate of drug-likeness (QED) is 0.407. The summed E-state index contributed by atoms with van der Waals surface area (Å²) < 4.78 is 29.4. The molecule has 1 saturated heterocycles. The first-order chi connectivity index (χ1) is 15.2. The summed E-state index contributed by atoms with van der Waals surface area (Å²) in [5.41, 5.74) is 0.922. The molecule has 2 aromatic carbocycles. The average molecular weight is 440 g/mol. The summed E-state index contributed by atoms with van der Waals surface area (Å²) in [6, 6.07) is 15.7. The predicted molar refractivity (Wildman–Crippen MR) is 124 cm³/mol. The van der Waals surface area contributed by atoms with E-state index >= 15 is 0 Å². The first-order valence-corrected chi connectivity index (χ1v) is 11.0. The Labute approximate surface area is 191 Å². The minimum Gasteiger partial charge on any atom is -0.490 e. The number of rotatable bonds is 9. The minimum atomic E-state index is -0.593. The highest BCUT2D eigenvalue weighted by molar-refractivity contribution is 6.48. The number of carbonyl (C=O) groups is 1. The van der Waals surface area contributed by atoms with Crippen LogP contribution < -0.4 is 9.47 Å². The number of esters is 1. The van der Waals surface area contributed by atoms with E-state index in [-0.39, 0.29) is 18.2 Å². The van der Waals surface area contributed by atoms with Crippen molar-refractivity contribution in [2.45, 2.75) is 64.7 Å². The van der Waals surface area contributed by atoms with Gasteiger partial charge in [0.2, 0.25) is 0 Å². The van der Waals surface area contributed by atoms with E-state index in [4.69, 9.17) is 23.5 Å². The monoisotopic (exact) mass is 440 g/mol. The fourth-order valence-electron chi connectivity index (χ4n) is 3.57. The van der Waals surface area contributed by atoms with Crippen LogP contribution in [0.5, 0.6) is 11.5 Å². The number of benzene rings is 2. The Bertz CT molecular complexity index is 896. The van der Waals surface area contributed by atoms with Crippen LogP contribution in [0.4, 0.5) is 0 Å². The van der Waals surface area contributed by atoms with Gasteiger partial charge in [-0.1, -0.05) is 36.4 Å². The molecule has 0 amide bonds. The zero-order valence-electron chi connectivity index (χ0n) is 19.8. The van der Waals surface area contributed by atoms with Gasteiger partial charge in [-0.25, -0.2) is 0 Å². The molecule has 1 aliphatic heterocycles. The molecule has 0 aliphatic carbocycles. The molecule has 0 saturated carbocycles. The summed E-state index contributed by atoms with van der Waals surface area (Å²) in [5, 5.41) is 0. The first-order valence-electron chi connectivity index (χ1n) is 11.0. The van der Waals surface area contributed by atoms with Gasteiger partial charge >= 0.3 is 13.1 Å². The predicted octanol–water partition coefficient (Wildman–Crippen LogP) is 4.94. The maximum atomic E-state index is 12.2. The van der Waals surface area contributed by atoms with Crippen molar-refractivity contribution >= 4 is 13.1 Å². The van der Waals surface area contributed by atoms with Gasteiger partial charge in [0, 0.05) is 5.82 Å². The van der Waals surface area contributed by atoms with Crippen LogP contribution in [0.3, 0.4) is 0 Å². The molecule has 0 N–H and O–H groups in total. The van der Waals surface area contributed by atoms with Gasteiger partial charge in [0.1, 0.15) is 6.61 Å². The summed E-state index contributed by atoms with van der Waals surface area (Å²) in [4.78, 5) is 12.2. The lowest BCUT2D eigenvalue weighted by Crippen LogP contribution is -2.41. The van der Waals surface area contributed by atoms with Crippen molar-refractivity contribution in [1.29, 1.82) is 0 Å². The lowest BCUT2D eigenvalue weighted by Gasteiger charge is -2.32. The van der Waals surface area contributed by atoms with Crippen LogP contribution in [0.1, 0.15) is 58.0 Å². The van der Waals surface area contributed by atoms with Crippen LogP contribution in [0, 0.1) is 0 Å². The van der Waals surface area contributed by atoms with Crippen molar-refractivity contribution in [2.75, 3.05) is 13.7 Å². The van der Waals surface area contributed by atoms with Crippen molar-refractivity contribution in [3.8, 4) is 11.5 Å². The van der Waals surface area contributed by atoms with Crippen molar-refractivity contribution in [3.63, 3.8) is 0 Å². The molecule has 7 heteroatoms. The van der Waals surface area contributed by atoms with Crippen LogP contribution in [0.2, 0.25) is 0 Å². The molecule has 6 nitrogen and oxygen atoms in total. The van der Waals surface area contributed by atoms with E-state index in [1.807, 2.05) is 83.1 Å². The second-order valence-corrected chi connectivity index (χ2v) is 8.92. The fourth-order valence-corrected chi connectivity index (χ4v) is 3.57. The molecule has 2 aromatic rings. The summed E-state index contributed by atoms with van der Waals surface area (Å²) >= 11 is 0. The van der Waals surface area contributed by atoms with Gasteiger partial charge in [-0.2, -0.15) is 0 Å². The molecule has 1 atom stereocenters. The van der Waals surface area contributed by atoms with Crippen molar-refractivity contribution in [1.82, 2.24) is 0 Å². The van der Waals surface area contributed by atoms with E-state index in [0.717, 1.165) is 11.1 Å². The van der Waals surface area contributed by atoms with Crippen LogP contribution in [-0.4, -0.2) is 38.0 Å². The molecule has 1 heterocycles. The molecular weight excluding hydrogens is 407 g/mol. The third-order valence-corrected chi connectivity index (χ3v) is 6.15. The Morgan fingerprint density at radius 3 is 2.22 bits per heavy atom. The molecule has 1 aliphatic rings. The zero-order valence-corrected chi connectivity index (χ0v) is 19.8. The summed E-state index contributed by atoms with van der Waals surface area (Å²) in [5.74, 6) is 0.579. The number of carbonyl (C=O) groups excluding carboxylic acids is 1. The maximum absolute atomic E-state index is 12.2. The molecule has 1 fully saturated rings. The van der Waals surface area contributed by atoms with Crippen LogP contribution in [0.15, 0.2) is 48.5 Å². The average Bonchev–Trinajstić information content (AvgIpc) is 2.98. The van der Waals surface area contributed by atoms with Gasteiger partial charge in [0.15, 0.2) is 11.5 Å². The van der Waals surface area contributed by atoms with Gasteiger partial charge in [0.25, 0.3) is 0 Å². The topological polar surface area (TPSA) is 63.2 Å². The van der Waals surface area contributed by atoms with E-state index in [1.165, 1.54) is 7.11 Å². The number of hydrogen-bond donors (Lipinski definition) is 0. The minimum absolute atomic E-state index is 0.128. The van der Waals surface area contributed by atoms with E-state index in [0.29, 0.717) is 24.7 Å². The summed E-state index contributed by atoms with van der Waals surface area (Å²) in [6.07, 6.45) is 0.128. The van der Waals surface area contributed by atoms with E-state index in [1.54, 1.807) is 0 Å². The third kappa shape index (κ3) is 5.45. The Morgan fingerprint density at radius 1 is 0.969 bits per heavy atom. The number of ether oxygens (including phenoxy) is 3. The van der Waals surface area contributed by atoms with Crippen LogP contribution >= 0.6 is 0 Å². The molecule has 32 heavy (non-hydrogen) atoms. The van der Waals surface area contributed by atoms with Crippen molar-refractivity contribution in [3.05, 3.63) is 59.7 Å². The smallest absolute Gasteiger partial charge is 0.466 e. The lowest BCUT2D eigenvalue weighted by molar-refractivity contribution is -0.140. The van der Waals surface area contributed by atoms with Gasteiger partial charge < -0.3 is 23.5 Å². The molecule has 172 valence electrons. The first kappa shape index (κ1) is 24.1. The van der Waals surface area contributed by atoms with E-state index in [2.05, 4.69) is 0 Å². The number of methoxy groups -OCH3 is 1. The number of hydrogen-bond acceptors (Lipinski definition) is 6. The van der Waals surface area contributed by atoms with Gasteiger partial charge in [-0.15, -0.1) is 0 Å². The summed E-state index contributed by atoms with van der Waals surface area (Å²) in [6.45, 7) is 10.8. The van der Waals surface area contributed by atoms with E-state index in [9.17, 15) is 4.79 Å². The standard InChI is InChI=1S/C25H33BO6/c1-7-29-22-15-19(13-14-21(22)30-17-18-11-9-8-10-12-18)20(16-23(27)28-6)26-31-24(2,3)25(4,5)32-26/h8-15,20H,7,16-17H2,1-6H3. The fraction of sp³-hybridized carbons (Fsp3) is 0.480. The molecule has 1 unspecified atom stereocenters. The highest BCUT2D eigenvalue weighted by atomic mass is 16.7. The molecule has 0 bridgehead atoms. The SMILES string of the molecule is CCOc1cc(C(CC(=O)OC)B2OC(C)(C)C(C)(C)O2)ccc1OCc1ccccc1. The second-order valence-electron chi connectivity index (χ2n) is 8.92. The highest BCUT2D eigenvalue weighted by Crippen LogP contribution is 2.43. The molecule has 3 rings (SSSR count). The van der Waals surface area contributed by atoms with Crippen LogP contribution in [0.25, 0.3) is 0 Å². The van der Waals surface area contributed by atoms with Crippen molar-refractivity contribution in [2.24, 2.45) is 0 Å². The second kappa shape index (κ2) is 9.96. The molecule has 0 aromatic heterocycles. The normalized spacial score (nSPS) is 17.6. The van der Waals surface area contributed by atoms with Gasteiger partial charge in [-0.3, -0.25) is 4.79 Å². The Morgan fingerprint density at radius 2 is 1.62 bits per heavy atom. The molecular formula is C25H33BO6. The van der Waals surface area contributed by atoms with E-state index < -0.39 is 18.3 Å². The summed E-state index contributed by atoms with van der Waals surface area (Å²) in [7, 11) is 0.792. The van der Waals surface area contributed by atoms with Gasteiger partial charge in [-0.05, 0) is 57.9 Å². The molecule has 0 spiro atoms. The Hall–Kier alpha value is -2.51. The highest BCUT2D eigenvalue weighted by Gasteiger charge is 2.54. The lowest BCUT2D eigenvalue weighted by atomic mass is 9.66. The Balaban J connectivity index is 1.88. The molecule has 0 radical (unpaired) electrons. The van der Waals surface area contributed by atoms with Crippen LogP contribution in [-0.2, 0) is 25.4 Å².